The van der Waals surface area contributed by atoms with Gasteiger partial charge < -0.3 is 10.2 Å². The normalized spacial score (nSPS) is 26.4. The average Bonchev–Trinajstić information content (AvgIpc) is 2.45. The zero-order valence-corrected chi connectivity index (χ0v) is 13.0. The summed E-state index contributed by atoms with van der Waals surface area (Å²) in [6.45, 7) is 10.9. The van der Waals surface area contributed by atoms with Crippen LogP contribution in [0.2, 0.25) is 0 Å². The molecule has 2 rings (SSSR count). The number of hydrogen-bond donors (Lipinski definition) is 1. The minimum Gasteiger partial charge on any atom is -0.352 e. The van der Waals surface area contributed by atoms with E-state index in [4.69, 9.17) is 0 Å². The Kier molecular flexibility index (Phi) is 5.61. The smallest absolute Gasteiger partial charge is 0.224 e. The highest BCUT2D eigenvalue weighted by Gasteiger charge is 2.30. The van der Waals surface area contributed by atoms with Gasteiger partial charge in [0.2, 0.25) is 5.91 Å². The third-order valence-electron chi connectivity index (χ3n) is 4.59. The van der Waals surface area contributed by atoms with Gasteiger partial charge in [0.05, 0.1) is 5.92 Å². The van der Waals surface area contributed by atoms with E-state index in [1.54, 1.807) is 0 Å². The van der Waals surface area contributed by atoms with Crippen molar-refractivity contribution in [1.29, 1.82) is 0 Å². The number of piperidine rings is 2. The number of carbonyl (C=O) groups is 1. The molecular formula is C16H29N3O. The van der Waals surface area contributed by atoms with Gasteiger partial charge in [0.1, 0.15) is 0 Å². The minimum atomic E-state index is 0.169. The molecule has 0 spiro atoms. The van der Waals surface area contributed by atoms with Gasteiger partial charge in [0.25, 0.3) is 0 Å². The first-order valence-electron chi connectivity index (χ1n) is 7.91. The molecule has 1 amide bonds. The summed E-state index contributed by atoms with van der Waals surface area (Å²) >= 11 is 0. The summed E-state index contributed by atoms with van der Waals surface area (Å²) in [4.78, 5) is 17.2. The average molecular weight is 279 g/mol. The number of hydrogen-bond acceptors (Lipinski definition) is 3. The van der Waals surface area contributed by atoms with E-state index in [9.17, 15) is 4.79 Å². The lowest BCUT2D eigenvalue weighted by Crippen LogP contribution is -2.50. The van der Waals surface area contributed by atoms with Gasteiger partial charge in [-0.25, -0.2) is 0 Å². The van der Waals surface area contributed by atoms with E-state index in [0.29, 0.717) is 12.6 Å². The van der Waals surface area contributed by atoms with Gasteiger partial charge in [-0.15, -0.1) is 0 Å². The molecule has 0 aliphatic carbocycles. The number of amides is 1. The van der Waals surface area contributed by atoms with Crippen LogP contribution in [0.5, 0.6) is 0 Å². The first kappa shape index (κ1) is 15.5. The number of nitrogens with zero attached hydrogens (tertiary/aromatic N) is 2. The lowest BCUT2D eigenvalue weighted by Gasteiger charge is -2.41. The van der Waals surface area contributed by atoms with Gasteiger partial charge in [0.15, 0.2) is 0 Å². The molecule has 2 fully saturated rings. The molecule has 0 radical (unpaired) electrons. The van der Waals surface area contributed by atoms with Crippen LogP contribution >= 0.6 is 0 Å². The van der Waals surface area contributed by atoms with Crippen LogP contribution in [0, 0.1) is 5.92 Å². The molecule has 1 atom stereocenters. The van der Waals surface area contributed by atoms with Crippen molar-refractivity contribution in [3.63, 3.8) is 0 Å². The number of rotatable bonds is 4. The molecular weight excluding hydrogens is 250 g/mol. The predicted octanol–water partition coefficient (Wildman–Crippen LogP) is 1.48. The number of likely N-dealkylation sites (tertiary alicyclic amines) is 2. The van der Waals surface area contributed by atoms with Crippen molar-refractivity contribution in [3.05, 3.63) is 12.2 Å². The monoisotopic (exact) mass is 279 g/mol. The Hall–Kier alpha value is -0.870. The Bertz CT molecular complexity index is 348. The lowest BCUT2D eigenvalue weighted by molar-refractivity contribution is -0.127. The van der Waals surface area contributed by atoms with E-state index in [-0.39, 0.29) is 11.8 Å². The van der Waals surface area contributed by atoms with Crippen molar-refractivity contribution in [2.75, 3.05) is 39.8 Å². The largest absolute Gasteiger partial charge is 0.352 e. The fourth-order valence-corrected chi connectivity index (χ4v) is 3.29. The summed E-state index contributed by atoms with van der Waals surface area (Å²) in [6, 6.07) is 0.683. The second-order valence-electron chi connectivity index (χ2n) is 6.54. The van der Waals surface area contributed by atoms with Gasteiger partial charge in [-0.1, -0.05) is 12.2 Å². The van der Waals surface area contributed by atoms with Gasteiger partial charge in [0, 0.05) is 19.1 Å². The van der Waals surface area contributed by atoms with Gasteiger partial charge in [-0.05, 0) is 59.3 Å². The van der Waals surface area contributed by atoms with E-state index < -0.39 is 0 Å². The summed E-state index contributed by atoms with van der Waals surface area (Å²) in [5.74, 6) is 0.383. The SMILES string of the molecule is C=C(C)CNC(=O)C1CCCN(C2CCN(C)CC2)C1. The van der Waals surface area contributed by atoms with E-state index in [2.05, 4.69) is 28.7 Å². The highest BCUT2D eigenvalue weighted by Crippen LogP contribution is 2.23. The number of carbonyl (C=O) groups excluding carboxylic acids is 1. The van der Waals surface area contributed by atoms with Crippen LogP contribution in [-0.2, 0) is 4.79 Å². The zero-order valence-electron chi connectivity index (χ0n) is 13.0. The molecule has 2 aliphatic heterocycles. The second kappa shape index (κ2) is 7.23. The maximum atomic E-state index is 12.2. The predicted molar refractivity (Wildman–Crippen MR) is 82.6 cm³/mol. The third-order valence-corrected chi connectivity index (χ3v) is 4.59. The topological polar surface area (TPSA) is 35.6 Å². The summed E-state index contributed by atoms with van der Waals surface area (Å²) in [5.41, 5.74) is 1.02. The van der Waals surface area contributed by atoms with Crippen molar-refractivity contribution in [1.82, 2.24) is 15.1 Å². The molecule has 1 N–H and O–H groups in total. The molecule has 114 valence electrons. The third kappa shape index (κ3) is 4.32. The Morgan fingerprint density at radius 1 is 1.25 bits per heavy atom. The highest BCUT2D eigenvalue weighted by molar-refractivity contribution is 5.79. The lowest BCUT2D eigenvalue weighted by atomic mass is 9.93. The van der Waals surface area contributed by atoms with E-state index in [1.807, 2.05) is 6.92 Å². The zero-order chi connectivity index (χ0) is 14.5. The van der Waals surface area contributed by atoms with Crippen LogP contribution in [0.3, 0.4) is 0 Å². The summed E-state index contributed by atoms with van der Waals surface area (Å²) < 4.78 is 0. The van der Waals surface area contributed by atoms with Crippen LogP contribution in [0.1, 0.15) is 32.6 Å². The quantitative estimate of drug-likeness (QED) is 0.792. The summed E-state index contributed by atoms with van der Waals surface area (Å²) in [6.07, 6.45) is 4.68. The van der Waals surface area contributed by atoms with Crippen LogP contribution in [0.4, 0.5) is 0 Å². The second-order valence-corrected chi connectivity index (χ2v) is 6.54. The van der Waals surface area contributed by atoms with Crippen molar-refractivity contribution in [3.8, 4) is 0 Å². The first-order chi connectivity index (χ1) is 9.56. The molecule has 20 heavy (non-hydrogen) atoms. The molecule has 4 heteroatoms. The Balaban J connectivity index is 1.82. The molecule has 0 aromatic heterocycles. The Morgan fingerprint density at radius 3 is 2.60 bits per heavy atom. The van der Waals surface area contributed by atoms with Gasteiger partial charge in [-0.3, -0.25) is 9.69 Å². The standard InChI is InChI=1S/C16H29N3O/c1-13(2)11-17-16(20)14-5-4-8-19(12-14)15-6-9-18(3)10-7-15/h14-15H,1,4-12H2,2-3H3,(H,17,20). The molecule has 0 saturated carbocycles. The molecule has 0 aromatic rings. The molecule has 4 nitrogen and oxygen atoms in total. The summed E-state index contributed by atoms with van der Waals surface area (Å²) in [5, 5.41) is 3.01. The Morgan fingerprint density at radius 2 is 1.95 bits per heavy atom. The van der Waals surface area contributed by atoms with Crippen LogP contribution < -0.4 is 5.32 Å². The van der Waals surface area contributed by atoms with Crippen LogP contribution in [0.15, 0.2) is 12.2 Å². The molecule has 2 saturated heterocycles. The van der Waals surface area contributed by atoms with Crippen LogP contribution in [0.25, 0.3) is 0 Å². The molecule has 0 aromatic carbocycles. The maximum Gasteiger partial charge on any atom is 0.224 e. The fourth-order valence-electron chi connectivity index (χ4n) is 3.29. The Labute approximate surface area is 123 Å². The minimum absolute atomic E-state index is 0.169. The van der Waals surface area contributed by atoms with E-state index in [1.165, 1.54) is 32.5 Å². The van der Waals surface area contributed by atoms with Crippen molar-refractivity contribution >= 4 is 5.91 Å². The van der Waals surface area contributed by atoms with Crippen LogP contribution in [-0.4, -0.2) is 61.5 Å². The van der Waals surface area contributed by atoms with Crippen molar-refractivity contribution < 1.29 is 4.79 Å². The first-order valence-corrected chi connectivity index (χ1v) is 7.91. The van der Waals surface area contributed by atoms with E-state index in [0.717, 1.165) is 25.0 Å². The summed E-state index contributed by atoms with van der Waals surface area (Å²) in [7, 11) is 2.19. The molecule has 2 aliphatic rings. The highest BCUT2D eigenvalue weighted by atomic mass is 16.1. The van der Waals surface area contributed by atoms with Crippen molar-refractivity contribution in [2.24, 2.45) is 5.92 Å². The number of nitrogens with one attached hydrogen (secondary N) is 1. The molecule has 1 unspecified atom stereocenters. The molecule has 0 bridgehead atoms. The van der Waals surface area contributed by atoms with Gasteiger partial charge >= 0.3 is 0 Å². The van der Waals surface area contributed by atoms with Crippen molar-refractivity contribution in [2.45, 2.75) is 38.6 Å². The molecule has 2 heterocycles. The maximum absolute atomic E-state index is 12.2. The van der Waals surface area contributed by atoms with Gasteiger partial charge in [-0.2, -0.15) is 0 Å². The fraction of sp³-hybridized carbons (Fsp3) is 0.812. The van der Waals surface area contributed by atoms with E-state index >= 15 is 0 Å².